The molecule has 2 aliphatic carbocycles. The quantitative estimate of drug-likeness (QED) is 0.802. The summed E-state index contributed by atoms with van der Waals surface area (Å²) in [5.74, 6) is 0. The molecule has 110 valence electrons. The molecule has 1 heterocycles. The Morgan fingerprint density at radius 1 is 1.21 bits per heavy atom. The first-order valence-corrected chi connectivity index (χ1v) is 8.12. The maximum Gasteiger partial charge on any atom is 0.0697 e. The minimum atomic E-state index is 0.249. The van der Waals surface area contributed by atoms with Gasteiger partial charge in [-0.05, 0) is 50.4 Å². The molecule has 0 bridgehead atoms. The van der Waals surface area contributed by atoms with Crippen LogP contribution in [0.2, 0.25) is 0 Å². The third-order valence-corrected chi connectivity index (χ3v) is 5.57. The van der Waals surface area contributed by atoms with Crippen molar-refractivity contribution < 1.29 is 9.47 Å². The lowest BCUT2D eigenvalue weighted by molar-refractivity contribution is -0.0840. The van der Waals surface area contributed by atoms with Gasteiger partial charge in [-0.25, -0.2) is 0 Å². The molecule has 3 rings (SSSR count). The van der Waals surface area contributed by atoms with Crippen LogP contribution in [0, 0.1) is 5.41 Å². The monoisotopic (exact) mass is 267 g/mol. The number of rotatable bonds is 6. The van der Waals surface area contributed by atoms with Crippen LogP contribution in [0.1, 0.15) is 57.8 Å². The number of hydrogen-bond donors (Lipinski definition) is 1. The number of methoxy groups -OCH3 is 1. The Bertz CT molecular complexity index is 295. The first kappa shape index (κ1) is 13.8. The highest BCUT2D eigenvalue weighted by Gasteiger charge is 2.44. The van der Waals surface area contributed by atoms with Crippen LogP contribution < -0.4 is 5.32 Å². The SMILES string of the molecule is COCCC1(CNC2CCOC3(CCCC3)C2)CC1. The van der Waals surface area contributed by atoms with Gasteiger partial charge in [-0.15, -0.1) is 0 Å². The van der Waals surface area contributed by atoms with Crippen LogP contribution in [0.3, 0.4) is 0 Å². The van der Waals surface area contributed by atoms with E-state index in [1.165, 1.54) is 64.3 Å². The van der Waals surface area contributed by atoms with Crippen molar-refractivity contribution in [2.75, 3.05) is 26.9 Å². The first-order chi connectivity index (χ1) is 9.26. The highest BCUT2D eigenvalue weighted by atomic mass is 16.5. The van der Waals surface area contributed by atoms with E-state index in [-0.39, 0.29) is 5.60 Å². The van der Waals surface area contributed by atoms with Gasteiger partial charge in [0.1, 0.15) is 0 Å². The smallest absolute Gasteiger partial charge is 0.0697 e. The Kier molecular flexibility index (Phi) is 4.16. The fourth-order valence-electron chi connectivity index (χ4n) is 3.94. The molecule has 19 heavy (non-hydrogen) atoms. The van der Waals surface area contributed by atoms with Crippen LogP contribution in [0.15, 0.2) is 0 Å². The van der Waals surface area contributed by atoms with Gasteiger partial charge in [-0.3, -0.25) is 0 Å². The van der Waals surface area contributed by atoms with E-state index in [0.717, 1.165) is 13.2 Å². The van der Waals surface area contributed by atoms with Crippen molar-refractivity contribution in [1.29, 1.82) is 0 Å². The third-order valence-electron chi connectivity index (χ3n) is 5.57. The molecule has 2 saturated carbocycles. The summed E-state index contributed by atoms with van der Waals surface area (Å²) in [6.07, 6.45) is 11.8. The molecule has 3 heteroatoms. The minimum absolute atomic E-state index is 0.249. The van der Waals surface area contributed by atoms with E-state index in [2.05, 4.69) is 5.32 Å². The van der Waals surface area contributed by atoms with E-state index in [0.29, 0.717) is 11.5 Å². The zero-order valence-corrected chi connectivity index (χ0v) is 12.4. The number of hydrogen-bond acceptors (Lipinski definition) is 3. The molecule has 0 amide bonds. The molecule has 1 unspecified atom stereocenters. The zero-order valence-electron chi connectivity index (χ0n) is 12.4. The van der Waals surface area contributed by atoms with E-state index in [4.69, 9.17) is 9.47 Å². The Hall–Kier alpha value is -0.120. The molecular weight excluding hydrogens is 238 g/mol. The average molecular weight is 267 g/mol. The fraction of sp³-hybridized carbons (Fsp3) is 1.00. The average Bonchev–Trinajstić information content (AvgIpc) is 3.08. The van der Waals surface area contributed by atoms with Crippen molar-refractivity contribution in [3.63, 3.8) is 0 Å². The van der Waals surface area contributed by atoms with Gasteiger partial charge in [0.15, 0.2) is 0 Å². The van der Waals surface area contributed by atoms with Crippen molar-refractivity contribution in [3.05, 3.63) is 0 Å². The van der Waals surface area contributed by atoms with Crippen LogP contribution in [-0.4, -0.2) is 38.5 Å². The van der Waals surface area contributed by atoms with E-state index in [9.17, 15) is 0 Å². The minimum Gasteiger partial charge on any atom is -0.385 e. The van der Waals surface area contributed by atoms with Crippen molar-refractivity contribution >= 4 is 0 Å². The molecule has 1 N–H and O–H groups in total. The van der Waals surface area contributed by atoms with Crippen LogP contribution in [0.4, 0.5) is 0 Å². The second-order valence-electron chi connectivity index (χ2n) is 7.05. The lowest BCUT2D eigenvalue weighted by atomic mass is 9.88. The lowest BCUT2D eigenvalue weighted by Crippen LogP contribution is -2.47. The highest BCUT2D eigenvalue weighted by molar-refractivity contribution is 4.98. The molecule has 3 nitrogen and oxygen atoms in total. The van der Waals surface area contributed by atoms with Crippen LogP contribution in [0.5, 0.6) is 0 Å². The summed E-state index contributed by atoms with van der Waals surface area (Å²) in [6.45, 7) is 3.07. The Morgan fingerprint density at radius 3 is 2.68 bits per heavy atom. The molecule has 1 atom stereocenters. The third kappa shape index (κ3) is 3.32. The van der Waals surface area contributed by atoms with Gasteiger partial charge in [0.25, 0.3) is 0 Å². The summed E-state index contributed by atoms with van der Waals surface area (Å²) in [5, 5.41) is 3.85. The second kappa shape index (κ2) is 5.71. The standard InChI is InChI=1S/C16H29NO2/c1-18-11-9-15(7-8-15)13-17-14-4-10-19-16(12-14)5-2-3-6-16/h14,17H,2-13H2,1H3. The van der Waals surface area contributed by atoms with Crippen LogP contribution in [0.25, 0.3) is 0 Å². The van der Waals surface area contributed by atoms with E-state index in [1.54, 1.807) is 0 Å². The van der Waals surface area contributed by atoms with E-state index < -0.39 is 0 Å². The maximum absolute atomic E-state index is 6.11. The second-order valence-corrected chi connectivity index (χ2v) is 7.05. The van der Waals surface area contributed by atoms with Gasteiger partial charge in [-0.2, -0.15) is 0 Å². The number of ether oxygens (including phenoxy) is 2. The lowest BCUT2D eigenvalue weighted by Gasteiger charge is -2.39. The van der Waals surface area contributed by atoms with Crippen LogP contribution >= 0.6 is 0 Å². The van der Waals surface area contributed by atoms with E-state index in [1.807, 2.05) is 7.11 Å². The highest BCUT2D eigenvalue weighted by Crippen LogP contribution is 2.48. The predicted molar refractivity (Wildman–Crippen MR) is 76.3 cm³/mol. The Labute approximate surface area is 117 Å². The van der Waals surface area contributed by atoms with Crippen molar-refractivity contribution in [3.8, 4) is 0 Å². The molecule has 1 spiro atoms. The first-order valence-electron chi connectivity index (χ1n) is 8.12. The molecule has 0 aromatic heterocycles. The van der Waals surface area contributed by atoms with E-state index >= 15 is 0 Å². The molecule has 3 aliphatic rings. The topological polar surface area (TPSA) is 30.5 Å². The molecule has 0 radical (unpaired) electrons. The van der Waals surface area contributed by atoms with Crippen molar-refractivity contribution in [2.24, 2.45) is 5.41 Å². The summed E-state index contributed by atoms with van der Waals surface area (Å²) in [4.78, 5) is 0. The Morgan fingerprint density at radius 2 is 2.00 bits per heavy atom. The molecule has 0 aromatic rings. The predicted octanol–water partition coefficient (Wildman–Crippen LogP) is 2.88. The maximum atomic E-state index is 6.11. The fourth-order valence-corrected chi connectivity index (χ4v) is 3.94. The van der Waals surface area contributed by atoms with Gasteiger partial charge >= 0.3 is 0 Å². The molecule has 1 aliphatic heterocycles. The molecule has 0 aromatic carbocycles. The van der Waals surface area contributed by atoms with Gasteiger partial charge in [0.05, 0.1) is 5.60 Å². The number of nitrogens with one attached hydrogen (secondary N) is 1. The molecular formula is C16H29NO2. The molecule has 1 saturated heterocycles. The molecule has 3 fully saturated rings. The largest absolute Gasteiger partial charge is 0.385 e. The zero-order chi connectivity index (χ0) is 13.2. The van der Waals surface area contributed by atoms with Gasteiger partial charge in [-0.1, -0.05) is 12.8 Å². The Balaban J connectivity index is 1.45. The van der Waals surface area contributed by atoms with Gasteiger partial charge in [0.2, 0.25) is 0 Å². The normalized spacial score (nSPS) is 31.7. The van der Waals surface area contributed by atoms with Gasteiger partial charge in [0, 0.05) is 32.9 Å². The summed E-state index contributed by atoms with van der Waals surface area (Å²) >= 11 is 0. The summed E-state index contributed by atoms with van der Waals surface area (Å²) in [6, 6.07) is 0.687. The van der Waals surface area contributed by atoms with Crippen molar-refractivity contribution in [2.45, 2.75) is 69.4 Å². The van der Waals surface area contributed by atoms with Crippen molar-refractivity contribution in [1.82, 2.24) is 5.32 Å². The van der Waals surface area contributed by atoms with Crippen LogP contribution in [-0.2, 0) is 9.47 Å². The summed E-state index contributed by atoms with van der Waals surface area (Å²) in [7, 11) is 1.81. The summed E-state index contributed by atoms with van der Waals surface area (Å²) in [5.41, 5.74) is 0.816. The van der Waals surface area contributed by atoms with Gasteiger partial charge < -0.3 is 14.8 Å². The summed E-state index contributed by atoms with van der Waals surface area (Å²) < 4.78 is 11.3.